The van der Waals surface area contributed by atoms with Crippen LogP contribution in [0.1, 0.15) is 12.5 Å². The molecule has 0 aliphatic carbocycles. The molecule has 24 heavy (non-hydrogen) atoms. The van der Waals surface area contributed by atoms with Crippen LogP contribution in [0, 0.1) is 5.82 Å². The molecular formula is C15H23FN4O3S. The van der Waals surface area contributed by atoms with Gasteiger partial charge in [0.05, 0.1) is 6.04 Å². The lowest BCUT2D eigenvalue weighted by Gasteiger charge is -2.37. The van der Waals surface area contributed by atoms with Gasteiger partial charge < -0.3 is 4.90 Å². The molecule has 1 saturated heterocycles. The Bertz CT molecular complexity index is 690. The molecule has 1 heterocycles. The molecule has 0 bridgehead atoms. The number of piperazine rings is 1. The predicted molar refractivity (Wildman–Crippen MR) is 88.6 cm³/mol. The second-order valence-corrected chi connectivity index (χ2v) is 7.53. The molecule has 7 nitrogen and oxygen atoms in total. The van der Waals surface area contributed by atoms with Crippen molar-refractivity contribution >= 4 is 16.1 Å². The summed E-state index contributed by atoms with van der Waals surface area (Å²) in [5.41, 5.74) is 0.720. The first-order valence-electron chi connectivity index (χ1n) is 7.70. The average molecular weight is 358 g/mol. The van der Waals surface area contributed by atoms with E-state index in [1.807, 2.05) is 4.90 Å². The van der Waals surface area contributed by atoms with Crippen molar-refractivity contribution in [2.45, 2.75) is 19.5 Å². The van der Waals surface area contributed by atoms with Gasteiger partial charge in [0.1, 0.15) is 5.82 Å². The summed E-state index contributed by atoms with van der Waals surface area (Å²) in [6, 6.07) is 5.76. The Hall–Kier alpha value is -1.55. The first kappa shape index (κ1) is 18.8. The molecule has 1 unspecified atom stereocenters. The lowest BCUT2D eigenvalue weighted by molar-refractivity contribution is -0.136. The van der Waals surface area contributed by atoms with Crippen molar-refractivity contribution in [2.75, 3.05) is 33.2 Å². The largest absolute Gasteiger partial charge is 0.340 e. The van der Waals surface area contributed by atoms with Gasteiger partial charge in [-0.3, -0.25) is 9.69 Å². The molecule has 2 N–H and O–H groups in total. The zero-order chi connectivity index (χ0) is 17.9. The molecule has 0 saturated carbocycles. The highest BCUT2D eigenvalue weighted by atomic mass is 32.2. The van der Waals surface area contributed by atoms with Crippen molar-refractivity contribution in [3.63, 3.8) is 0 Å². The van der Waals surface area contributed by atoms with Crippen LogP contribution in [-0.2, 0) is 21.5 Å². The highest BCUT2D eigenvalue weighted by Crippen LogP contribution is 2.12. The number of amides is 1. The summed E-state index contributed by atoms with van der Waals surface area (Å²) in [4.78, 5) is 16.0. The molecule has 1 aromatic carbocycles. The van der Waals surface area contributed by atoms with Crippen LogP contribution in [0.4, 0.5) is 4.39 Å². The second-order valence-electron chi connectivity index (χ2n) is 5.98. The number of nitrogens with zero attached hydrogens (tertiary/aromatic N) is 3. The summed E-state index contributed by atoms with van der Waals surface area (Å²) >= 11 is 0. The number of nitrogens with two attached hydrogens (primary N) is 1. The lowest BCUT2D eigenvalue weighted by atomic mass is 10.1. The Morgan fingerprint density at radius 2 is 1.96 bits per heavy atom. The summed E-state index contributed by atoms with van der Waals surface area (Å²) in [6.07, 6.45) is 0. The van der Waals surface area contributed by atoms with Crippen molar-refractivity contribution in [3.8, 4) is 0 Å². The maximum Gasteiger partial charge on any atom is 0.276 e. The van der Waals surface area contributed by atoms with Gasteiger partial charge in [-0.1, -0.05) is 12.1 Å². The Kier molecular flexibility index (Phi) is 5.92. The average Bonchev–Trinajstić information content (AvgIpc) is 2.52. The molecule has 1 fully saturated rings. The number of hydrogen-bond acceptors (Lipinski definition) is 4. The zero-order valence-electron chi connectivity index (χ0n) is 13.9. The number of benzene rings is 1. The zero-order valence-corrected chi connectivity index (χ0v) is 14.7. The van der Waals surface area contributed by atoms with E-state index >= 15 is 0 Å². The SMILES string of the molecule is CC(C(=O)N(C)Cc1cccc(F)c1)N1CCN(S(N)(=O)=O)CC1. The van der Waals surface area contributed by atoms with Crippen molar-refractivity contribution in [1.29, 1.82) is 0 Å². The third-order valence-electron chi connectivity index (χ3n) is 4.22. The molecule has 0 aromatic heterocycles. The van der Waals surface area contributed by atoms with Crippen LogP contribution in [0.5, 0.6) is 0 Å². The van der Waals surface area contributed by atoms with E-state index in [9.17, 15) is 17.6 Å². The molecule has 1 aromatic rings. The minimum absolute atomic E-state index is 0.0942. The number of carbonyl (C=O) groups excluding carboxylic acids is 1. The maximum atomic E-state index is 13.2. The van der Waals surface area contributed by atoms with Gasteiger partial charge in [0.25, 0.3) is 10.2 Å². The fourth-order valence-electron chi connectivity index (χ4n) is 2.81. The fourth-order valence-corrected chi connectivity index (χ4v) is 3.48. The van der Waals surface area contributed by atoms with E-state index in [1.165, 1.54) is 16.4 Å². The maximum absolute atomic E-state index is 13.2. The third-order valence-corrected chi connectivity index (χ3v) is 5.31. The highest BCUT2D eigenvalue weighted by Gasteiger charge is 2.30. The molecule has 1 aliphatic heterocycles. The van der Waals surface area contributed by atoms with E-state index in [-0.39, 0.29) is 30.9 Å². The van der Waals surface area contributed by atoms with Gasteiger partial charge in [-0.05, 0) is 24.6 Å². The summed E-state index contributed by atoms with van der Waals surface area (Å²) in [6.45, 7) is 3.53. The Balaban J connectivity index is 1.92. The van der Waals surface area contributed by atoms with Crippen LogP contribution in [0.3, 0.4) is 0 Å². The monoisotopic (exact) mass is 358 g/mol. The molecule has 2 rings (SSSR count). The van der Waals surface area contributed by atoms with E-state index in [1.54, 1.807) is 31.0 Å². The van der Waals surface area contributed by atoms with Gasteiger partial charge in [0.2, 0.25) is 5.91 Å². The minimum Gasteiger partial charge on any atom is -0.340 e. The van der Waals surface area contributed by atoms with Gasteiger partial charge in [-0.2, -0.15) is 12.7 Å². The minimum atomic E-state index is -3.68. The summed E-state index contributed by atoms with van der Waals surface area (Å²) in [5.74, 6) is -0.427. The van der Waals surface area contributed by atoms with Crippen LogP contribution < -0.4 is 5.14 Å². The van der Waals surface area contributed by atoms with Gasteiger partial charge >= 0.3 is 0 Å². The molecule has 0 spiro atoms. The van der Waals surface area contributed by atoms with Crippen molar-refractivity contribution in [1.82, 2.24) is 14.1 Å². The molecule has 134 valence electrons. The summed E-state index contributed by atoms with van der Waals surface area (Å²) in [5, 5.41) is 5.11. The number of carbonyl (C=O) groups is 1. The molecular weight excluding hydrogens is 335 g/mol. The molecule has 1 amide bonds. The molecule has 0 radical (unpaired) electrons. The van der Waals surface area contributed by atoms with Crippen LogP contribution in [0.2, 0.25) is 0 Å². The standard InChI is InChI=1S/C15H23FN4O3S/c1-12(19-6-8-20(9-7-19)24(17,22)23)15(21)18(2)11-13-4-3-5-14(16)10-13/h3-5,10,12H,6-9,11H2,1-2H3,(H2,17,22,23). The van der Waals surface area contributed by atoms with E-state index in [2.05, 4.69) is 0 Å². The van der Waals surface area contributed by atoms with E-state index in [0.717, 1.165) is 5.56 Å². The third kappa shape index (κ3) is 4.73. The Morgan fingerprint density at radius 3 is 2.50 bits per heavy atom. The number of hydrogen-bond donors (Lipinski definition) is 1. The van der Waals surface area contributed by atoms with Gasteiger partial charge in [-0.15, -0.1) is 0 Å². The number of halogens is 1. The molecule has 1 aliphatic rings. The van der Waals surface area contributed by atoms with Crippen LogP contribution in [0.15, 0.2) is 24.3 Å². The summed E-state index contributed by atoms with van der Waals surface area (Å²) < 4.78 is 37.1. The highest BCUT2D eigenvalue weighted by molar-refractivity contribution is 7.86. The Labute approximate surface area is 142 Å². The van der Waals surface area contributed by atoms with Crippen LogP contribution in [0.25, 0.3) is 0 Å². The quantitative estimate of drug-likeness (QED) is 0.802. The van der Waals surface area contributed by atoms with Crippen molar-refractivity contribution in [3.05, 3.63) is 35.6 Å². The van der Waals surface area contributed by atoms with E-state index in [4.69, 9.17) is 5.14 Å². The first-order chi connectivity index (χ1) is 11.2. The van der Waals surface area contributed by atoms with Crippen LogP contribution >= 0.6 is 0 Å². The second kappa shape index (κ2) is 7.56. The van der Waals surface area contributed by atoms with Crippen molar-refractivity contribution < 1.29 is 17.6 Å². The fraction of sp³-hybridized carbons (Fsp3) is 0.533. The number of likely N-dealkylation sites (N-methyl/N-ethyl adjacent to an activating group) is 1. The Morgan fingerprint density at radius 1 is 1.33 bits per heavy atom. The van der Waals surface area contributed by atoms with E-state index in [0.29, 0.717) is 19.6 Å². The summed E-state index contributed by atoms with van der Waals surface area (Å²) in [7, 11) is -2.01. The van der Waals surface area contributed by atoms with E-state index < -0.39 is 10.2 Å². The molecule has 9 heteroatoms. The molecule has 1 atom stereocenters. The van der Waals surface area contributed by atoms with Gasteiger partial charge in [-0.25, -0.2) is 9.53 Å². The van der Waals surface area contributed by atoms with Gasteiger partial charge in [0.15, 0.2) is 0 Å². The van der Waals surface area contributed by atoms with Crippen LogP contribution in [-0.4, -0.2) is 67.7 Å². The normalized spacial score (nSPS) is 18.3. The smallest absolute Gasteiger partial charge is 0.276 e. The topological polar surface area (TPSA) is 86.9 Å². The van der Waals surface area contributed by atoms with Crippen molar-refractivity contribution in [2.24, 2.45) is 5.14 Å². The number of rotatable bonds is 5. The first-order valence-corrected chi connectivity index (χ1v) is 9.20. The van der Waals surface area contributed by atoms with Gasteiger partial charge in [0, 0.05) is 39.8 Å². The predicted octanol–water partition coefficient (Wildman–Crippen LogP) is -0.00630. The lowest BCUT2D eigenvalue weighted by Crippen LogP contribution is -2.55.